The van der Waals surface area contributed by atoms with Gasteiger partial charge in [0, 0.05) is 10.9 Å². The minimum atomic E-state index is 0.0548. The average molecular weight is 332 g/mol. The number of hydrogen-bond donors (Lipinski definition) is 2. The first-order valence-electron chi connectivity index (χ1n) is 8.25. The van der Waals surface area contributed by atoms with Crippen LogP contribution in [0.15, 0.2) is 59.6 Å². The molecule has 0 aliphatic heterocycles. The molecule has 0 bridgehead atoms. The Balaban J connectivity index is 2.21. The number of rotatable bonds is 5. The van der Waals surface area contributed by atoms with Crippen LogP contribution in [0.5, 0.6) is 0 Å². The number of nitrogens with zero attached hydrogens (tertiary/aromatic N) is 2. The normalized spacial score (nSPS) is 11.5. The van der Waals surface area contributed by atoms with Crippen LogP contribution in [-0.4, -0.2) is 17.4 Å². The van der Waals surface area contributed by atoms with E-state index in [4.69, 9.17) is 10.7 Å². The smallest absolute Gasteiger partial charge is 0.213 e. The molecule has 3 N–H and O–H groups in total. The predicted molar refractivity (Wildman–Crippen MR) is 102 cm³/mol. The highest BCUT2D eigenvalue weighted by atomic mass is 16.1. The summed E-state index contributed by atoms with van der Waals surface area (Å²) in [7, 11) is 0. The Morgan fingerprint density at radius 1 is 1.20 bits per heavy atom. The monoisotopic (exact) mass is 332 g/mol. The third-order valence-corrected chi connectivity index (χ3v) is 3.95. The van der Waals surface area contributed by atoms with Gasteiger partial charge >= 0.3 is 0 Å². The molecule has 0 saturated carbocycles. The fourth-order valence-corrected chi connectivity index (χ4v) is 2.87. The number of pyridine rings is 1. The summed E-state index contributed by atoms with van der Waals surface area (Å²) in [6.07, 6.45) is 2.56. The van der Waals surface area contributed by atoms with Crippen molar-refractivity contribution in [3.8, 4) is 11.3 Å². The first kappa shape index (κ1) is 16.6. The number of nitrogens with one attached hydrogen (secondary N) is 1. The summed E-state index contributed by atoms with van der Waals surface area (Å²) in [6, 6.07) is 17.9. The lowest BCUT2D eigenvalue weighted by molar-refractivity contribution is -0.108. The van der Waals surface area contributed by atoms with Crippen molar-refractivity contribution < 1.29 is 4.79 Å². The Bertz CT molecular complexity index is 934. The van der Waals surface area contributed by atoms with Gasteiger partial charge in [0.15, 0.2) is 5.96 Å². The van der Waals surface area contributed by atoms with E-state index in [0.29, 0.717) is 12.1 Å². The number of carbonyl (C=O) groups is 1. The van der Waals surface area contributed by atoms with E-state index >= 15 is 0 Å². The van der Waals surface area contributed by atoms with E-state index in [1.54, 1.807) is 0 Å². The lowest BCUT2D eigenvalue weighted by atomic mass is 9.99. The first-order valence-corrected chi connectivity index (χ1v) is 8.25. The zero-order valence-corrected chi connectivity index (χ0v) is 14.1. The van der Waals surface area contributed by atoms with Gasteiger partial charge in [0.05, 0.1) is 16.9 Å². The third-order valence-electron chi connectivity index (χ3n) is 3.95. The van der Waals surface area contributed by atoms with E-state index in [0.717, 1.165) is 35.0 Å². The fourth-order valence-electron chi connectivity index (χ4n) is 2.87. The molecule has 0 spiro atoms. The van der Waals surface area contributed by atoms with Crippen molar-refractivity contribution in [1.29, 1.82) is 0 Å². The quantitative estimate of drug-likeness (QED) is 0.426. The molecule has 1 aromatic heterocycles. The highest BCUT2D eigenvalue weighted by Gasteiger charge is 2.10. The number of guanidine groups is 1. The Morgan fingerprint density at radius 3 is 2.76 bits per heavy atom. The van der Waals surface area contributed by atoms with Gasteiger partial charge in [-0.15, -0.1) is 0 Å². The van der Waals surface area contributed by atoms with Gasteiger partial charge in [-0.3, -0.25) is 10.1 Å². The topological polar surface area (TPSA) is 80.4 Å². The molecule has 0 saturated heterocycles. The maximum Gasteiger partial charge on any atom is 0.213 e. The van der Waals surface area contributed by atoms with Gasteiger partial charge in [0.1, 0.15) is 0 Å². The average Bonchev–Trinajstić information content (AvgIpc) is 2.62. The number of nitrogens with two attached hydrogens (primary N) is 1. The van der Waals surface area contributed by atoms with Crippen LogP contribution in [0.1, 0.15) is 18.9 Å². The van der Waals surface area contributed by atoms with Gasteiger partial charge in [-0.05, 0) is 24.1 Å². The number of benzene rings is 2. The summed E-state index contributed by atoms with van der Waals surface area (Å²) >= 11 is 0. The molecule has 0 atom stereocenters. The molecular weight excluding hydrogens is 312 g/mol. The van der Waals surface area contributed by atoms with Crippen LogP contribution in [0.2, 0.25) is 0 Å². The fraction of sp³-hybridized carbons (Fsp3) is 0.150. The van der Waals surface area contributed by atoms with E-state index < -0.39 is 0 Å². The maximum atomic E-state index is 10.6. The van der Waals surface area contributed by atoms with Crippen molar-refractivity contribution in [1.82, 2.24) is 10.3 Å². The minimum Gasteiger partial charge on any atom is -0.369 e. The third kappa shape index (κ3) is 3.66. The molecule has 3 rings (SSSR count). The van der Waals surface area contributed by atoms with Crippen LogP contribution in [0.4, 0.5) is 5.69 Å². The van der Waals surface area contributed by atoms with Gasteiger partial charge in [-0.25, -0.2) is 9.98 Å². The van der Waals surface area contributed by atoms with Crippen LogP contribution in [0, 0.1) is 0 Å². The SMILES string of the molecule is CCCc1ccccc1-c1cc(N=C(N)NC=O)c2ccccc2n1. The first-order chi connectivity index (χ1) is 12.2. The van der Waals surface area contributed by atoms with Crippen LogP contribution in [0.25, 0.3) is 22.2 Å². The lowest BCUT2D eigenvalue weighted by Gasteiger charge is -2.11. The van der Waals surface area contributed by atoms with Crippen molar-refractivity contribution in [2.75, 3.05) is 0 Å². The Hall–Kier alpha value is -3.21. The molecule has 126 valence electrons. The van der Waals surface area contributed by atoms with Gasteiger partial charge in [-0.1, -0.05) is 55.8 Å². The minimum absolute atomic E-state index is 0.0548. The number of hydrogen-bond acceptors (Lipinski definition) is 3. The van der Waals surface area contributed by atoms with Crippen molar-refractivity contribution in [3.63, 3.8) is 0 Å². The van der Waals surface area contributed by atoms with E-state index in [1.165, 1.54) is 5.56 Å². The number of para-hydroxylation sites is 1. The van der Waals surface area contributed by atoms with Crippen LogP contribution in [0.3, 0.4) is 0 Å². The molecule has 0 fully saturated rings. The summed E-state index contributed by atoms with van der Waals surface area (Å²) in [6.45, 7) is 2.16. The predicted octanol–water partition coefficient (Wildman–Crippen LogP) is 3.55. The molecule has 0 aliphatic carbocycles. The van der Waals surface area contributed by atoms with Crippen LogP contribution < -0.4 is 11.1 Å². The van der Waals surface area contributed by atoms with E-state index in [-0.39, 0.29) is 5.96 Å². The zero-order chi connectivity index (χ0) is 17.6. The maximum absolute atomic E-state index is 10.6. The van der Waals surface area contributed by atoms with Crippen molar-refractivity contribution >= 4 is 29.0 Å². The largest absolute Gasteiger partial charge is 0.369 e. The van der Waals surface area contributed by atoms with E-state index in [2.05, 4.69) is 29.4 Å². The molecule has 25 heavy (non-hydrogen) atoms. The van der Waals surface area contributed by atoms with Gasteiger partial charge < -0.3 is 5.73 Å². The van der Waals surface area contributed by atoms with Gasteiger partial charge in [0.25, 0.3) is 0 Å². The number of aromatic nitrogens is 1. The molecule has 2 aromatic carbocycles. The standard InChI is InChI=1S/C20H20N4O/c1-2-7-14-8-3-4-9-15(14)18-12-19(24-20(21)22-13-25)16-10-5-6-11-17(16)23-18/h3-6,8-13H,2,7H2,1H3,(H3,21,22,23,24,25). The second-order valence-electron chi connectivity index (χ2n) is 5.71. The van der Waals surface area contributed by atoms with Crippen molar-refractivity contribution in [2.24, 2.45) is 10.7 Å². The number of aliphatic imine (C=N–C) groups is 1. The Labute approximate surface area is 146 Å². The highest BCUT2D eigenvalue weighted by Crippen LogP contribution is 2.32. The lowest BCUT2D eigenvalue weighted by Crippen LogP contribution is -2.29. The molecule has 0 radical (unpaired) electrons. The van der Waals surface area contributed by atoms with Gasteiger partial charge in [0.2, 0.25) is 6.41 Å². The second-order valence-corrected chi connectivity index (χ2v) is 5.71. The molecule has 5 heteroatoms. The molecule has 5 nitrogen and oxygen atoms in total. The van der Waals surface area contributed by atoms with Gasteiger partial charge in [-0.2, -0.15) is 0 Å². The van der Waals surface area contributed by atoms with E-state index in [9.17, 15) is 4.79 Å². The van der Waals surface area contributed by atoms with Crippen LogP contribution >= 0.6 is 0 Å². The molecule has 0 unspecified atom stereocenters. The number of carbonyl (C=O) groups excluding carboxylic acids is 1. The number of fused-ring (bicyclic) bond motifs is 1. The molecule has 3 aromatic rings. The summed E-state index contributed by atoms with van der Waals surface area (Å²) < 4.78 is 0. The second kappa shape index (κ2) is 7.57. The van der Waals surface area contributed by atoms with Crippen LogP contribution in [-0.2, 0) is 11.2 Å². The number of amides is 1. The Morgan fingerprint density at radius 2 is 1.96 bits per heavy atom. The molecule has 1 heterocycles. The summed E-state index contributed by atoms with van der Waals surface area (Å²) in [4.78, 5) is 19.7. The molecule has 1 amide bonds. The van der Waals surface area contributed by atoms with E-state index in [1.807, 2.05) is 42.5 Å². The van der Waals surface area contributed by atoms with Crippen molar-refractivity contribution in [2.45, 2.75) is 19.8 Å². The zero-order valence-electron chi connectivity index (χ0n) is 14.1. The Kier molecular flexibility index (Phi) is 5.04. The summed E-state index contributed by atoms with van der Waals surface area (Å²) in [5, 5.41) is 3.26. The molecular formula is C20H20N4O. The number of aryl methyl sites for hydroxylation is 1. The molecule has 0 aliphatic rings. The summed E-state index contributed by atoms with van der Waals surface area (Å²) in [5.41, 5.74) is 10.5. The summed E-state index contributed by atoms with van der Waals surface area (Å²) in [5.74, 6) is 0.0548. The van der Waals surface area contributed by atoms with Crippen molar-refractivity contribution in [3.05, 3.63) is 60.2 Å². The highest BCUT2D eigenvalue weighted by molar-refractivity contribution is 5.97.